The van der Waals surface area contributed by atoms with E-state index in [-0.39, 0.29) is 17.9 Å². The molecular weight excluding hydrogens is 398 g/mol. The number of halogens is 2. The van der Waals surface area contributed by atoms with Crippen molar-refractivity contribution >= 4 is 22.0 Å². The molecule has 0 aliphatic rings. The number of rotatable bonds is 4. The highest BCUT2D eigenvalue weighted by atomic mass is 32.1. The van der Waals surface area contributed by atoms with Gasteiger partial charge in [0, 0.05) is 30.0 Å². The minimum atomic E-state index is -1.00. The molecule has 3 aromatic heterocycles. The monoisotopic (exact) mass is 414 g/mol. The molecule has 6 nitrogen and oxygen atoms in total. The fourth-order valence-electron chi connectivity index (χ4n) is 3.22. The number of hydrogen-bond acceptors (Lipinski definition) is 6. The Kier molecular flexibility index (Phi) is 4.83. The molecule has 0 amide bonds. The lowest BCUT2D eigenvalue weighted by molar-refractivity contribution is 0.506. The van der Waals surface area contributed by atoms with Gasteiger partial charge in [0.05, 0.1) is 23.3 Å². The molecule has 0 spiro atoms. The van der Waals surface area contributed by atoms with Gasteiger partial charge in [0.1, 0.15) is 6.26 Å². The summed E-state index contributed by atoms with van der Waals surface area (Å²) in [5.74, 6) is -1.82. The van der Waals surface area contributed by atoms with E-state index in [4.69, 9.17) is 4.42 Å². The van der Waals surface area contributed by atoms with Crippen molar-refractivity contribution in [3.05, 3.63) is 74.5 Å². The Balaban J connectivity index is 1.84. The van der Waals surface area contributed by atoms with Crippen LogP contribution in [0.3, 0.4) is 0 Å². The first-order chi connectivity index (χ1) is 13.9. The number of nitrogens with zero attached hydrogens (tertiary/aromatic N) is 4. The molecule has 4 aromatic rings. The smallest absolute Gasteiger partial charge is 0.259 e. The molecule has 0 radical (unpaired) electrons. The maximum Gasteiger partial charge on any atom is 0.259 e. The van der Waals surface area contributed by atoms with E-state index >= 15 is 0 Å². The van der Waals surface area contributed by atoms with E-state index in [0.29, 0.717) is 21.8 Å². The molecule has 0 unspecified atom stereocenters. The summed E-state index contributed by atoms with van der Waals surface area (Å²) in [7, 11) is 1.67. The average molecular weight is 414 g/mol. The van der Waals surface area contributed by atoms with Crippen LogP contribution >= 0.6 is 11.3 Å². The van der Waals surface area contributed by atoms with E-state index in [1.807, 2.05) is 13.8 Å². The molecule has 0 aliphatic heterocycles. The lowest BCUT2D eigenvalue weighted by atomic mass is 10.0. The highest BCUT2D eigenvalue weighted by Crippen LogP contribution is 2.27. The topological polar surface area (TPSA) is 72.8 Å². The zero-order valence-corrected chi connectivity index (χ0v) is 16.7. The van der Waals surface area contributed by atoms with Gasteiger partial charge in [0.15, 0.2) is 16.6 Å². The van der Waals surface area contributed by atoms with Gasteiger partial charge in [-0.25, -0.2) is 23.1 Å². The van der Waals surface area contributed by atoms with Gasteiger partial charge < -0.3 is 4.42 Å². The molecule has 3 heterocycles. The number of aromatic nitrogens is 3. The molecule has 0 bridgehead atoms. The highest BCUT2D eigenvalue weighted by molar-refractivity contribution is 7.17. The van der Waals surface area contributed by atoms with Crippen LogP contribution in [0.15, 0.2) is 44.9 Å². The van der Waals surface area contributed by atoms with Crippen LogP contribution in [0, 0.1) is 18.6 Å². The van der Waals surface area contributed by atoms with Crippen LogP contribution in [0.5, 0.6) is 0 Å². The molecule has 4 rings (SSSR count). The summed E-state index contributed by atoms with van der Waals surface area (Å²) in [6, 6.07) is 3.51. The number of aryl methyl sites for hydroxylation is 1. The molecule has 9 heteroatoms. The third kappa shape index (κ3) is 3.38. The van der Waals surface area contributed by atoms with Crippen LogP contribution in [-0.4, -0.2) is 27.1 Å². The van der Waals surface area contributed by atoms with Crippen LogP contribution in [0.25, 0.3) is 16.4 Å². The van der Waals surface area contributed by atoms with E-state index in [2.05, 4.69) is 15.0 Å². The van der Waals surface area contributed by atoms with Gasteiger partial charge in [-0.05, 0) is 31.5 Å². The predicted octanol–water partition coefficient (Wildman–Crippen LogP) is 4.03. The van der Waals surface area contributed by atoms with Crippen molar-refractivity contribution < 1.29 is 13.2 Å². The number of oxazole rings is 1. The van der Waals surface area contributed by atoms with Gasteiger partial charge in [-0.15, -0.1) is 11.3 Å². The second-order valence-electron chi connectivity index (χ2n) is 6.46. The van der Waals surface area contributed by atoms with Crippen LogP contribution in [0.4, 0.5) is 8.78 Å². The van der Waals surface area contributed by atoms with Crippen LogP contribution < -0.4 is 5.56 Å². The maximum absolute atomic E-state index is 13.9. The van der Waals surface area contributed by atoms with Crippen molar-refractivity contribution in [2.45, 2.75) is 20.3 Å². The third-order valence-corrected chi connectivity index (χ3v) is 5.56. The van der Waals surface area contributed by atoms with E-state index in [9.17, 15) is 13.6 Å². The Labute approximate surface area is 168 Å². The van der Waals surface area contributed by atoms with Gasteiger partial charge in [0.2, 0.25) is 5.89 Å². The summed E-state index contributed by atoms with van der Waals surface area (Å²) < 4.78 is 34.5. The van der Waals surface area contributed by atoms with Crippen molar-refractivity contribution in [3.8, 4) is 11.5 Å². The molecule has 148 valence electrons. The SMILES string of the molecule is CN=C(C)c1c(C)sc2nc(Cc3cc(F)c(F)cc3-c3ncco3)cc(=O)n12. The Morgan fingerprint density at radius 3 is 2.72 bits per heavy atom. The fraction of sp³-hybridized carbons (Fsp3) is 0.200. The molecule has 1 aromatic carbocycles. The van der Waals surface area contributed by atoms with E-state index in [0.717, 1.165) is 28.4 Å². The minimum absolute atomic E-state index is 0.119. The van der Waals surface area contributed by atoms with Crippen LogP contribution in [0.1, 0.15) is 28.8 Å². The third-order valence-electron chi connectivity index (χ3n) is 4.60. The van der Waals surface area contributed by atoms with Crippen molar-refractivity contribution in [1.29, 1.82) is 0 Å². The first-order valence-electron chi connectivity index (χ1n) is 8.72. The Bertz CT molecular complexity index is 1310. The van der Waals surface area contributed by atoms with Gasteiger partial charge in [0.25, 0.3) is 5.56 Å². The summed E-state index contributed by atoms with van der Waals surface area (Å²) in [5, 5.41) is 0. The summed E-state index contributed by atoms with van der Waals surface area (Å²) in [6.07, 6.45) is 2.89. The first-order valence-corrected chi connectivity index (χ1v) is 9.54. The van der Waals surface area contributed by atoms with Gasteiger partial charge >= 0.3 is 0 Å². The lowest BCUT2D eigenvalue weighted by Gasteiger charge is -2.08. The number of aliphatic imine (C=N–C) groups is 1. The van der Waals surface area contributed by atoms with Crippen molar-refractivity contribution in [2.75, 3.05) is 7.05 Å². The molecule has 29 heavy (non-hydrogen) atoms. The quantitative estimate of drug-likeness (QED) is 0.473. The molecule has 0 saturated heterocycles. The minimum Gasteiger partial charge on any atom is -0.445 e. The van der Waals surface area contributed by atoms with Crippen LogP contribution in [-0.2, 0) is 6.42 Å². The molecule has 0 N–H and O–H groups in total. The standard InChI is InChI=1S/C20H16F2N4O2S/c1-10(23-3)18-11(2)29-20-25-13(8-17(27)26(18)20)6-12-7-15(21)16(22)9-14(12)19-24-4-5-28-19/h4-5,7-9H,6H2,1-3H3. The number of benzene rings is 1. The largest absolute Gasteiger partial charge is 0.445 e. The van der Waals surface area contributed by atoms with E-state index in [1.54, 1.807) is 7.05 Å². The van der Waals surface area contributed by atoms with Crippen molar-refractivity contribution in [2.24, 2.45) is 4.99 Å². The zero-order valence-electron chi connectivity index (χ0n) is 15.9. The van der Waals surface area contributed by atoms with E-state index in [1.165, 1.54) is 34.3 Å². The number of thiazole rings is 1. The highest BCUT2D eigenvalue weighted by Gasteiger charge is 2.18. The number of fused-ring (bicyclic) bond motifs is 1. The van der Waals surface area contributed by atoms with Crippen molar-refractivity contribution in [1.82, 2.24) is 14.4 Å². The summed E-state index contributed by atoms with van der Waals surface area (Å²) in [4.78, 5) is 27.0. The molecule has 0 fully saturated rings. The van der Waals surface area contributed by atoms with Crippen LogP contribution in [0.2, 0.25) is 0 Å². The fourth-order valence-corrected chi connectivity index (χ4v) is 4.27. The van der Waals surface area contributed by atoms with Gasteiger partial charge in [-0.1, -0.05) is 0 Å². The summed E-state index contributed by atoms with van der Waals surface area (Å²) >= 11 is 1.37. The second kappa shape index (κ2) is 7.32. The first kappa shape index (κ1) is 19.1. The number of hydrogen-bond donors (Lipinski definition) is 0. The normalized spacial score (nSPS) is 12.1. The summed E-state index contributed by atoms with van der Waals surface area (Å²) in [6.45, 7) is 3.73. The average Bonchev–Trinajstić information content (AvgIpc) is 3.31. The maximum atomic E-state index is 13.9. The lowest BCUT2D eigenvalue weighted by Crippen LogP contribution is -2.19. The van der Waals surface area contributed by atoms with Crippen molar-refractivity contribution in [3.63, 3.8) is 0 Å². The Hall–Kier alpha value is -3.20. The molecule has 0 aliphatic carbocycles. The zero-order chi connectivity index (χ0) is 20.7. The Morgan fingerprint density at radius 2 is 2.03 bits per heavy atom. The van der Waals surface area contributed by atoms with Gasteiger partial charge in [-0.2, -0.15) is 0 Å². The summed E-state index contributed by atoms with van der Waals surface area (Å²) in [5.41, 5.74) is 2.37. The molecular formula is C20H16F2N4O2S. The molecule has 0 atom stereocenters. The Morgan fingerprint density at radius 1 is 1.28 bits per heavy atom. The van der Waals surface area contributed by atoms with Gasteiger partial charge in [-0.3, -0.25) is 9.79 Å². The van der Waals surface area contributed by atoms with E-state index < -0.39 is 11.6 Å². The molecule has 0 saturated carbocycles. The predicted molar refractivity (Wildman–Crippen MR) is 107 cm³/mol. The second-order valence-corrected chi connectivity index (χ2v) is 7.64.